The first-order valence-electron chi connectivity index (χ1n) is 11.2. The smallest absolute Gasteiger partial charge is 0.309 e. The van der Waals surface area contributed by atoms with Crippen LogP contribution < -0.4 is 4.74 Å². The number of esters is 1. The predicted molar refractivity (Wildman–Crippen MR) is 131 cm³/mol. The third-order valence-electron chi connectivity index (χ3n) is 6.78. The monoisotopic (exact) mass is 437 g/mol. The second-order valence-electron chi connectivity index (χ2n) is 8.48. The van der Waals surface area contributed by atoms with Gasteiger partial charge in [0.15, 0.2) is 0 Å². The van der Waals surface area contributed by atoms with Crippen LogP contribution in [0, 0.1) is 5.92 Å². The molecule has 0 aliphatic heterocycles. The summed E-state index contributed by atoms with van der Waals surface area (Å²) in [5.41, 5.74) is 6.86. The maximum Gasteiger partial charge on any atom is 0.309 e. The first-order chi connectivity index (χ1) is 16.1. The summed E-state index contributed by atoms with van der Waals surface area (Å²) in [6.07, 6.45) is 2.85. The largest absolute Gasteiger partial charge is 0.497 e. The van der Waals surface area contributed by atoms with Gasteiger partial charge in [-0.15, -0.1) is 0 Å². The number of rotatable bonds is 4. The van der Waals surface area contributed by atoms with E-state index >= 15 is 0 Å². The molecule has 0 radical (unpaired) electrons. The molecule has 0 N–H and O–H groups in total. The lowest BCUT2D eigenvalue weighted by Crippen LogP contribution is -2.25. The number of ether oxygens (including phenoxy) is 2. The summed E-state index contributed by atoms with van der Waals surface area (Å²) in [4.78, 5) is 13.1. The van der Waals surface area contributed by atoms with E-state index in [0.717, 1.165) is 33.7 Å². The van der Waals surface area contributed by atoms with Crippen LogP contribution in [0.25, 0.3) is 16.5 Å². The van der Waals surface area contributed by atoms with Gasteiger partial charge < -0.3 is 14.0 Å². The summed E-state index contributed by atoms with van der Waals surface area (Å²) < 4.78 is 12.9. The molecule has 0 saturated carbocycles. The van der Waals surface area contributed by atoms with Crippen LogP contribution in [0.3, 0.4) is 0 Å². The van der Waals surface area contributed by atoms with Crippen LogP contribution in [0.2, 0.25) is 0 Å². The van der Waals surface area contributed by atoms with Gasteiger partial charge in [0.1, 0.15) is 5.75 Å². The fourth-order valence-electron chi connectivity index (χ4n) is 5.09. The van der Waals surface area contributed by atoms with Crippen molar-refractivity contribution >= 4 is 22.4 Å². The summed E-state index contributed by atoms with van der Waals surface area (Å²) >= 11 is 0. The zero-order valence-corrected chi connectivity index (χ0v) is 19.1. The van der Waals surface area contributed by atoms with E-state index in [1.807, 2.05) is 30.3 Å². The van der Waals surface area contributed by atoms with Gasteiger partial charge in [0.05, 0.1) is 20.1 Å². The van der Waals surface area contributed by atoms with Crippen LogP contribution in [0.1, 0.15) is 28.3 Å². The zero-order valence-electron chi connectivity index (χ0n) is 19.1. The van der Waals surface area contributed by atoms with Gasteiger partial charge in [-0.3, -0.25) is 4.79 Å². The van der Waals surface area contributed by atoms with Crippen molar-refractivity contribution in [2.75, 3.05) is 14.2 Å². The summed E-state index contributed by atoms with van der Waals surface area (Å²) in [5, 5.41) is 1.20. The Morgan fingerprint density at radius 3 is 2.30 bits per heavy atom. The van der Waals surface area contributed by atoms with Crippen LogP contribution in [-0.2, 0) is 23.0 Å². The molecule has 1 aromatic heterocycles. The third-order valence-corrected chi connectivity index (χ3v) is 6.78. The number of carbonyl (C=O) groups is 1. The Kier molecular flexibility index (Phi) is 5.51. The lowest BCUT2D eigenvalue weighted by molar-refractivity contribution is -0.145. The molecule has 0 bridgehead atoms. The molecule has 3 aromatic carbocycles. The molecule has 1 aliphatic rings. The van der Waals surface area contributed by atoms with Gasteiger partial charge >= 0.3 is 5.97 Å². The van der Waals surface area contributed by atoms with E-state index in [-0.39, 0.29) is 17.8 Å². The van der Waals surface area contributed by atoms with Gasteiger partial charge in [-0.2, -0.15) is 0 Å². The Morgan fingerprint density at radius 2 is 1.61 bits per heavy atom. The Morgan fingerprint density at radius 1 is 0.909 bits per heavy atom. The van der Waals surface area contributed by atoms with Crippen LogP contribution in [-0.4, -0.2) is 24.8 Å². The maximum atomic E-state index is 13.1. The van der Waals surface area contributed by atoms with Crippen molar-refractivity contribution < 1.29 is 14.3 Å². The summed E-state index contributed by atoms with van der Waals surface area (Å²) in [6.45, 7) is 0. The van der Waals surface area contributed by atoms with Crippen molar-refractivity contribution in [3.63, 3.8) is 0 Å². The van der Waals surface area contributed by atoms with Gasteiger partial charge in [-0.1, -0.05) is 66.7 Å². The molecule has 4 nitrogen and oxygen atoms in total. The minimum Gasteiger partial charge on any atom is -0.497 e. The van der Waals surface area contributed by atoms with Crippen molar-refractivity contribution in [2.24, 2.45) is 13.0 Å². The Bertz CT molecular complexity index is 1330. The molecule has 0 saturated heterocycles. The zero-order chi connectivity index (χ0) is 22.9. The van der Waals surface area contributed by atoms with E-state index in [0.29, 0.717) is 6.42 Å². The number of hydrogen-bond donors (Lipinski definition) is 0. The molecule has 4 heteroatoms. The van der Waals surface area contributed by atoms with Crippen LogP contribution >= 0.6 is 0 Å². The fourth-order valence-corrected chi connectivity index (χ4v) is 5.09. The van der Waals surface area contributed by atoms with Crippen LogP contribution in [0.4, 0.5) is 0 Å². The highest BCUT2D eigenvalue weighted by Gasteiger charge is 2.35. The minimum atomic E-state index is -0.341. The molecule has 2 atom stereocenters. The number of hydrogen-bond acceptors (Lipinski definition) is 3. The predicted octanol–water partition coefficient (Wildman–Crippen LogP) is 5.75. The van der Waals surface area contributed by atoms with E-state index in [9.17, 15) is 4.79 Å². The average Bonchev–Trinajstić information content (AvgIpc) is 3.03. The van der Waals surface area contributed by atoms with Gasteiger partial charge in [0, 0.05) is 41.5 Å². The molecule has 0 spiro atoms. The first-order valence-corrected chi connectivity index (χ1v) is 11.2. The van der Waals surface area contributed by atoms with Crippen molar-refractivity contribution in [3.05, 3.63) is 107 Å². The molecular weight excluding hydrogens is 410 g/mol. The molecule has 0 fully saturated rings. The van der Waals surface area contributed by atoms with E-state index in [1.165, 1.54) is 18.1 Å². The van der Waals surface area contributed by atoms with Crippen molar-refractivity contribution in [3.8, 4) is 5.75 Å². The maximum absolute atomic E-state index is 13.1. The standard InChI is InChI=1S/C29H27NO3/c1-30-26-12-8-7-11-22(26)28-24(19-9-5-4-6-10-19)17-23(20-13-15-21(32-2)16-14-20)25(18-27(28)30)29(31)33-3/h4-17,23,25H,18H2,1-3H3/t23-,25+/m1/s1. The lowest BCUT2D eigenvalue weighted by atomic mass is 9.83. The molecular formula is C29H27NO3. The lowest BCUT2D eigenvalue weighted by Gasteiger charge is -2.23. The first kappa shape index (κ1) is 21.1. The topological polar surface area (TPSA) is 40.5 Å². The van der Waals surface area contributed by atoms with E-state index in [4.69, 9.17) is 9.47 Å². The average molecular weight is 438 g/mol. The number of benzene rings is 3. The second-order valence-corrected chi connectivity index (χ2v) is 8.48. The minimum absolute atomic E-state index is 0.135. The number of allylic oxidation sites excluding steroid dienone is 1. The van der Waals surface area contributed by atoms with Crippen molar-refractivity contribution in [1.82, 2.24) is 4.57 Å². The summed E-state index contributed by atoms with van der Waals surface area (Å²) in [6, 6.07) is 26.9. The number of aryl methyl sites for hydroxylation is 1. The number of fused-ring (bicyclic) bond motifs is 3. The molecule has 0 unspecified atom stereocenters. The molecule has 1 heterocycles. The third kappa shape index (κ3) is 3.62. The Balaban J connectivity index is 1.80. The quantitative estimate of drug-likeness (QED) is 0.382. The highest BCUT2D eigenvalue weighted by molar-refractivity contribution is 6.00. The second kappa shape index (κ2) is 8.62. The molecule has 0 amide bonds. The number of methoxy groups -OCH3 is 2. The number of carbonyl (C=O) groups excluding carboxylic acids is 1. The van der Waals surface area contributed by atoms with Gasteiger partial charge in [-0.05, 0) is 34.9 Å². The summed E-state index contributed by atoms with van der Waals surface area (Å²) in [5.74, 6) is 0.122. The SMILES string of the molecule is COC(=O)[C@H]1Cc2c(c3ccccc3n2C)C(c2ccccc2)=C[C@@H]1c1ccc(OC)cc1. The van der Waals surface area contributed by atoms with E-state index < -0.39 is 0 Å². The van der Waals surface area contributed by atoms with Crippen LogP contribution in [0.5, 0.6) is 5.75 Å². The normalized spacial score (nSPS) is 17.7. The molecule has 33 heavy (non-hydrogen) atoms. The summed E-state index contributed by atoms with van der Waals surface area (Å²) in [7, 11) is 5.22. The van der Waals surface area contributed by atoms with Crippen molar-refractivity contribution in [2.45, 2.75) is 12.3 Å². The number of para-hydroxylation sites is 1. The Hall–Kier alpha value is -3.79. The molecule has 4 aromatic rings. The van der Waals surface area contributed by atoms with Gasteiger partial charge in [0.25, 0.3) is 0 Å². The molecule has 1 aliphatic carbocycles. The molecule has 166 valence electrons. The van der Waals surface area contributed by atoms with Gasteiger partial charge in [0.2, 0.25) is 0 Å². The van der Waals surface area contributed by atoms with Gasteiger partial charge in [-0.25, -0.2) is 0 Å². The van der Waals surface area contributed by atoms with Crippen molar-refractivity contribution in [1.29, 1.82) is 0 Å². The highest BCUT2D eigenvalue weighted by atomic mass is 16.5. The highest BCUT2D eigenvalue weighted by Crippen LogP contribution is 2.44. The Labute approximate surface area is 194 Å². The van der Waals surface area contributed by atoms with E-state index in [1.54, 1.807) is 7.11 Å². The number of aromatic nitrogens is 1. The van der Waals surface area contributed by atoms with E-state index in [2.05, 4.69) is 66.2 Å². The molecule has 5 rings (SSSR count). The fraction of sp³-hybridized carbons (Fsp3) is 0.207. The number of nitrogens with zero attached hydrogens (tertiary/aromatic N) is 1. The van der Waals surface area contributed by atoms with Crippen LogP contribution in [0.15, 0.2) is 84.9 Å².